The lowest BCUT2D eigenvalue weighted by Crippen LogP contribution is -2.64. The van der Waals surface area contributed by atoms with Crippen molar-refractivity contribution in [2.45, 2.75) is 121 Å². The van der Waals surface area contributed by atoms with Crippen LogP contribution in [0.25, 0.3) is 0 Å². The number of benzene rings is 1. The number of carbonyl (C=O) groups is 1. The third kappa shape index (κ3) is 4.89. The Bertz CT molecular complexity index is 1420. The number of phenolic OH excluding ortho intramolecular Hbond substituents is 1. The van der Waals surface area contributed by atoms with Crippen molar-refractivity contribution in [2.24, 2.45) is 22.7 Å². The van der Waals surface area contributed by atoms with E-state index >= 15 is 0 Å². The molecule has 8 N–H and O–H groups in total. The Hall–Kier alpha value is -2.35. The van der Waals surface area contributed by atoms with Gasteiger partial charge in [-0.15, -0.1) is 0 Å². The largest absolute Gasteiger partial charge is 0.504 e. The van der Waals surface area contributed by atoms with Crippen LogP contribution in [0.1, 0.15) is 70.6 Å². The molecule has 1 aromatic rings. The first kappa shape index (κ1) is 35.0. The lowest BCUT2D eigenvalue weighted by atomic mass is 9.41. The molecule has 256 valence electrons. The molecule has 0 amide bonds. The number of allylic oxidation sites excluding steroid dienone is 2. The van der Waals surface area contributed by atoms with E-state index in [4.69, 9.17) is 9.47 Å². The summed E-state index contributed by atoms with van der Waals surface area (Å²) < 4.78 is 11.4. The Morgan fingerprint density at radius 3 is 2.43 bits per heavy atom. The van der Waals surface area contributed by atoms with Crippen LogP contribution in [-0.4, -0.2) is 102 Å². The van der Waals surface area contributed by atoms with Crippen LogP contribution in [0, 0.1) is 29.6 Å². The highest BCUT2D eigenvalue weighted by molar-refractivity contribution is 5.93. The number of aromatic hydroxyl groups is 1. The van der Waals surface area contributed by atoms with E-state index in [-0.39, 0.29) is 29.6 Å². The highest BCUT2D eigenvalue weighted by atomic mass is 16.7. The molecule has 11 heteroatoms. The van der Waals surface area contributed by atoms with Crippen LogP contribution < -0.4 is 4.74 Å². The van der Waals surface area contributed by atoms with Crippen molar-refractivity contribution in [1.29, 1.82) is 0 Å². The summed E-state index contributed by atoms with van der Waals surface area (Å²) in [5, 5.41) is 86.4. The minimum absolute atomic E-state index is 0.0214. The third-order valence-electron chi connectivity index (χ3n) is 12.3. The highest BCUT2D eigenvalue weighted by Gasteiger charge is 2.73. The predicted molar refractivity (Wildman–Crippen MR) is 167 cm³/mol. The van der Waals surface area contributed by atoms with E-state index in [2.05, 4.69) is 13.5 Å². The second-order valence-corrected chi connectivity index (χ2v) is 15.0. The van der Waals surface area contributed by atoms with Crippen LogP contribution in [0.2, 0.25) is 0 Å². The molecule has 0 radical (unpaired) electrons. The van der Waals surface area contributed by atoms with Crippen LogP contribution in [-0.2, 0) is 21.4 Å². The maximum atomic E-state index is 14.6. The van der Waals surface area contributed by atoms with Gasteiger partial charge >= 0.3 is 0 Å². The van der Waals surface area contributed by atoms with Crippen LogP contribution in [0.15, 0.2) is 30.4 Å². The van der Waals surface area contributed by atoms with E-state index in [1.807, 2.05) is 13.8 Å². The van der Waals surface area contributed by atoms with Crippen molar-refractivity contribution in [2.75, 3.05) is 6.61 Å². The first-order chi connectivity index (χ1) is 21.3. The molecule has 4 aliphatic rings. The average molecular weight is 647 g/mol. The van der Waals surface area contributed by atoms with Crippen molar-refractivity contribution in [3.8, 4) is 11.5 Å². The summed E-state index contributed by atoms with van der Waals surface area (Å²) in [4.78, 5) is 14.6. The summed E-state index contributed by atoms with van der Waals surface area (Å²) in [7, 11) is 0. The van der Waals surface area contributed by atoms with Gasteiger partial charge in [0, 0.05) is 12.3 Å². The van der Waals surface area contributed by atoms with E-state index in [0.29, 0.717) is 36.0 Å². The maximum Gasteiger partial charge on any atom is 0.229 e. The molecule has 0 aromatic heterocycles. The van der Waals surface area contributed by atoms with Gasteiger partial charge < -0.3 is 50.3 Å². The molecule has 3 fully saturated rings. The molecule has 5 rings (SSSR count). The molecule has 3 aliphatic carbocycles. The molecule has 1 saturated heterocycles. The maximum absolute atomic E-state index is 14.6. The number of fused-ring (bicyclic) bond motifs is 5. The molecule has 2 saturated carbocycles. The fourth-order valence-electron chi connectivity index (χ4n) is 9.65. The number of Topliss-reactive ketones (excluding diaryl/α,β-unsaturated/α-hetero) is 1. The number of hydrogen-bond acceptors (Lipinski definition) is 11. The summed E-state index contributed by atoms with van der Waals surface area (Å²) in [6, 6.07) is 1.57. The monoisotopic (exact) mass is 646 g/mol. The second kappa shape index (κ2) is 11.7. The fraction of sp³-hybridized carbons (Fsp3) is 0.686. The lowest BCUT2D eigenvalue weighted by Gasteiger charge is -2.62. The van der Waals surface area contributed by atoms with Crippen LogP contribution in [0.4, 0.5) is 0 Å². The van der Waals surface area contributed by atoms with Crippen LogP contribution in [0.3, 0.4) is 0 Å². The van der Waals surface area contributed by atoms with E-state index in [1.165, 1.54) is 13.0 Å². The molecule has 46 heavy (non-hydrogen) atoms. The number of hydrogen-bond donors (Lipinski definition) is 8. The lowest BCUT2D eigenvalue weighted by molar-refractivity contribution is -0.277. The Labute approximate surface area is 269 Å². The SMILES string of the molecule is C=C(C)C=C[C@H](O)[C@](C)(O)[C@H]1[C@H](O)C[C@@]2(C)[C@H]3CCc4c(cc(O[C@@H]5O[C@H](CO)[C@@H](O)[C@H](O)[C@H]5O)c(O)c4C)[C@]3(C)C(=O)C[C@]12C. The Morgan fingerprint density at radius 2 is 1.83 bits per heavy atom. The van der Waals surface area contributed by atoms with Crippen molar-refractivity contribution >= 4 is 5.78 Å². The minimum Gasteiger partial charge on any atom is -0.504 e. The van der Waals surface area contributed by atoms with E-state index in [1.54, 1.807) is 26.0 Å². The molecule has 1 aliphatic heterocycles. The molecule has 0 spiro atoms. The topological polar surface area (TPSA) is 197 Å². The van der Waals surface area contributed by atoms with Gasteiger partial charge in [0.15, 0.2) is 11.5 Å². The second-order valence-electron chi connectivity index (χ2n) is 15.0. The Kier molecular flexibility index (Phi) is 8.87. The van der Waals surface area contributed by atoms with E-state index in [9.17, 15) is 45.6 Å². The van der Waals surface area contributed by atoms with Crippen molar-refractivity contribution in [3.63, 3.8) is 0 Å². The van der Waals surface area contributed by atoms with Crippen molar-refractivity contribution in [1.82, 2.24) is 0 Å². The van der Waals surface area contributed by atoms with Gasteiger partial charge in [-0.05, 0) is 86.5 Å². The van der Waals surface area contributed by atoms with E-state index in [0.717, 1.165) is 5.56 Å². The minimum atomic E-state index is -1.76. The van der Waals surface area contributed by atoms with E-state index < -0.39 is 77.3 Å². The zero-order valence-corrected chi connectivity index (χ0v) is 27.5. The third-order valence-corrected chi connectivity index (χ3v) is 12.3. The average Bonchev–Trinajstić information content (AvgIpc) is 3.19. The van der Waals surface area contributed by atoms with Gasteiger partial charge in [0.25, 0.3) is 0 Å². The van der Waals surface area contributed by atoms with Crippen LogP contribution in [0.5, 0.6) is 11.5 Å². The standard InChI is InChI=1S/C35H50O11/c1-16(2)8-11-24(38)35(7,44)30-20(37)13-32(4)23-10-9-18-17(3)26(40)21(12-19(18)34(23,6)25(39)14-33(30,32)5)45-31-29(43)28(42)27(41)22(15-36)46-31/h8,11-12,20,22-24,27-31,36-38,40-44H,1,9-10,13-15H2,2-7H3/t20-,22-,23-,24+,27-,28+,29-,30+,31-,32+,33-,34+,35+/m1/s1. The molecule has 11 nitrogen and oxygen atoms in total. The molecule has 1 aromatic carbocycles. The van der Waals surface area contributed by atoms with Gasteiger partial charge in [0.05, 0.1) is 23.7 Å². The van der Waals surface area contributed by atoms with Gasteiger partial charge in [-0.3, -0.25) is 4.79 Å². The predicted octanol–water partition coefficient (Wildman–Crippen LogP) is 1.31. The number of ketones is 1. The summed E-state index contributed by atoms with van der Waals surface area (Å²) in [5.41, 5.74) is -1.75. The van der Waals surface area contributed by atoms with Gasteiger partial charge in [-0.2, -0.15) is 0 Å². The van der Waals surface area contributed by atoms with Gasteiger partial charge in [-0.25, -0.2) is 0 Å². The zero-order valence-electron chi connectivity index (χ0n) is 27.5. The summed E-state index contributed by atoms with van der Waals surface area (Å²) >= 11 is 0. The van der Waals surface area contributed by atoms with Gasteiger partial charge in [0.2, 0.25) is 6.29 Å². The first-order valence-electron chi connectivity index (χ1n) is 16.1. The molecule has 1 heterocycles. The molecular weight excluding hydrogens is 596 g/mol. The number of aliphatic hydroxyl groups is 7. The number of ether oxygens (including phenoxy) is 2. The normalized spacial score (nSPS) is 42.6. The number of carbonyl (C=O) groups excluding carboxylic acids is 1. The highest BCUT2D eigenvalue weighted by Crippen LogP contribution is 2.72. The molecular formula is C35H50O11. The number of phenols is 1. The van der Waals surface area contributed by atoms with Crippen molar-refractivity contribution in [3.05, 3.63) is 47.1 Å². The molecule has 0 bridgehead atoms. The summed E-state index contributed by atoms with van der Waals surface area (Å²) in [6.07, 6.45) is -5.51. The quantitative estimate of drug-likeness (QED) is 0.199. The van der Waals surface area contributed by atoms with Crippen molar-refractivity contribution < 1.29 is 55.1 Å². The van der Waals surface area contributed by atoms with Gasteiger partial charge in [0.1, 0.15) is 36.3 Å². The summed E-state index contributed by atoms with van der Waals surface area (Å²) in [6.45, 7) is 14.0. The molecule has 0 unspecified atom stereocenters. The molecule has 13 atom stereocenters. The first-order valence-corrected chi connectivity index (χ1v) is 16.1. The van der Waals surface area contributed by atoms with Crippen LogP contribution >= 0.6 is 0 Å². The Balaban J connectivity index is 1.55. The number of rotatable bonds is 7. The Morgan fingerprint density at radius 1 is 1.17 bits per heavy atom. The number of aliphatic hydroxyl groups excluding tert-OH is 6. The fourth-order valence-corrected chi connectivity index (χ4v) is 9.65. The summed E-state index contributed by atoms with van der Waals surface area (Å²) in [5.74, 6) is -1.53. The zero-order chi connectivity index (χ0) is 34.3. The van der Waals surface area contributed by atoms with Gasteiger partial charge in [-0.1, -0.05) is 38.2 Å². The smallest absolute Gasteiger partial charge is 0.229 e.